The van der Waals surface area contributed by atoms with Crippen LogP contribution in [0.15, 0.2) is 158 Å². The van der Waals surface area contributed by atoms with E-state index in [1.165, 1.54) is 89.9 Å². The standard InChI is InChI=1S/C75H120O6/c1-4-7-10-13-16-19-22-25-27-29-31-33-34-35-36-37-38-39-40-42-43-45-47-50-53-56-59-62-65-68-74(77)80-71-72(70-79-73(76)67-64-61-58-55-52-49-24-21-18-15-12-9-6-3)81-75(78)69-66-63-60-57-54-51-48-46-44-41-32-30-28-26-23-20-17-14-11-8-5-2/h7-12,16-21,25-28,31-33,41,46,48-49,52,54,57,72H,4-6,13-15,22-24,29-30,34-40,42-45,47,50-51,53,55-56,58-71H2,1-3H3/b10-7-,11-8-,12-9-,19-16-,20-17-,21-18-,27-25-,28-26-,33-31-,41-32-,48-46-,52-49-,57-54-. The summed E-state index contributed by atoms with van der Waals surface area (Å²) < 4.78 is 16.9. The summed E-state index contributed by atoms with van der Waals surface area (Å²) >= 11 is 0. The number of rotatable bonds is 58. The quantitative estimate of drug-likeness (QED) is 0.0261. The molecule has 0 aromatic heterocycles. The lowest BCUT2D eigenvalue weighted by molar-refractivity contribution is -0.167. The van der Waals surface area contributed by atoms with Crippen molar-refractivity contribution in [2.24, 2.45) is 0 Å². The normalized spacial score (nSPS) is 13.2. The zero-order chi connectivity index (χ0) is 58.5. The largest absolute Gasteiger partial charge is 0.462 e. The van der Waals surface area contributed by atoms with Gasteiger partial charge in [0.05, 0.1) is 0 Å². The van der Waals surface area contributed by atoms with E-state index in [2.05, 4.69) is 179 Å². The van der Waals surface area contributed by atoms with Crippen molar-refractivity contribution in [3.63, 3.8) is 0 Å². The van der Waals surface area contributed by atoms with Crippen molar-refractivity contribution < 1.29 is 28.6 Å². The zero-order valence-electron chi connectivity index (χ0n) is 52.2. The summed E-state index contributed by atoms with van der Waals surface area (Å²) in [6, 6.07) is 0. The molecule has 1 unspecified atom stereocenters. The average Bonchev–Trinajstić information content (AvgIpc) is 3.46. The van der Waals surface area contributed by atoms with Gasteiger partial charge in [-0.3, -0.25) is 14.4 Å². The number of esters is 3. The minimum absolute atomic E-state index is 0.110. The van der Waals surface area contributed by atoms with Crippen molar-refractivity contribution in [1.29, 1.82) is 0 Å². The number of hydrogen-bond donors (Lipinski definition) is 0. The molecule has 0 aliphatic rings. The van der Waals surface area contributed by atoms with Crippen molar-refractivity contribution in [3.8, 4) is 0 Å². The first kappa shape index (κ1) is 76.0. The van der Waals surface area contributed by atoms with Crippen molar-refractivity contribution >= 4 is 17.9 Å². The van der Waals surface area contributed by atoms with E-state index >= 15 is 0 Å². The first-order valence-corrected chi connectivity index (χ1v) is 33.0. The SMILES string of the molecule is CC/C=C\C/C=C\C/C=C\C/C=C\C/C=C\C/C=C\CCCCC(=O)OC(COC(=O)CCCCC/C=C\C/C=C\C/C=C\CC)COC(=O)CCCCCCCCCCCCCCCCCC/C=C\C/C=C\C/C=C\C/C=C\CC. The third kappa shape index (κ3) is 65.7. The Balaban J connectivity index is 4.36. The fourth-order valence-electron chi connectivity index (χ4n) is 8.69. The van der Waals surface area contributed by atoms with Gasteiger partial charge >= 0.3 is 17.9 Å². The van der Waals surface area contributed by atoms with Gasteiger partial charge in [-0.05, 0) is 141 Å². The van der Waals surface area contributed by atoms with E-state index < -0.39 is 6.10 Å². The van der Waals surface area contributed by atoms with Gasteiger partial charge in [-0.15, -0.1) is 0 Å². The Hall–Kier alpha value is -4.97. The third-order valence-electron chi connectivity index (χ3n) is 13.5. The van der Waals surface area contributed by atoms with Crippen LogP contribution in [0.1, 0.15) is 278 Å². The van der Waals surface area contributed by atoms with Crippen molar-refractivity contribution in [1.82, 2.24) is 0 Å². The molecule has 0 rings (SSSR count). The van der Waals surface area contributed by atoms with Crippen LogP contribution in [0.4, 0.5) is 0 Å². The van der Waals surface area contributed by atoms with Gasteiger partial charge in [0.1, 0.15) is 13.2 Å². The molecule has 6 heteroatoms. The Kier molecular flexibility index (Phi) is 63.4. The zero-order valence-corrected chi connectivity index (χ0v) is 52.2. The molecule has 0 aromatic carbocycles. The molecule has 456 valence electrons. The highest BCUT2D eigenvalue weighted by atomic mass is 16.6. The lowest BCUT2D eigenvalue weighted by Gasteiger charge is -2.18. The van der Waals surface area contributed by atoms with Gasteiger partial charge in [0, 0.05) is 19.3 Å². The van der Waals surface area contributed by atoms with Crippen LogP contribution < -0.4 is 0 Å². The average molecular weight is 1120 g/mol. The topological polar surface area (TPSA) is 78.9 Å². The van der Waals surface area contributed by atoms with Crippen LogP contribution in [-0.4, -0.2) is 37.2 Å². The number of carbonyl (C=O) groups excluding carboxylic acids is 3. The second kappa shape index (κ2) is 67.5. The molecule has 6 nitrogen and oxygen atoms in total. The molecule has 0 saturated carbocycles. The highest BCUT2D eigenvalue weighted by Gasteiger charge is 2.19. The van der Waals surface area contributed by atoms with Crippen molar-refractivity contribution in [2.45, 2.75) is 284 Å². The fourth-order valence-corrected chi connectivity index (χ4v) is 8.69. The Morgan fingerprint density at radius 2 is 0.444 bits per heavy atom. The van der Waals surface area contributed by atoms with Crippen LogP contribution >= 0.6 is 0 Å². The smallest absolute Gasteiger partial charge is 0.306 e. The maximum absolute atomic E-state index is 12.9. The van der Waals surface area contributed by atoms with Gasteiger partial charge in [0.2, 0.25) is 0 Å². The molecular formula is C75H120O6. The monoisotopic (exact) mass is 1120 g/mol. The molecule has 0 N–H and O–H groups in total. The Morgan fingerprint density at radius 1 is 0.247 bits per heavy atom. The number of hydrogen-bond acceptors (Lipinski definition) is 6. The van der Waals surface area contributed by atoms with E-state index in [9.17, 15) is 14.4 Å². The molecule has 0 aliphatic heterocycles. The van der Waals surface area contributed by atoms with Crippen LogP contribution in [0.2, 0.25) is 0 Å². The first-order chi connectivity index (χ1) is 40.0. The summed E-state index contributed by atoms with van der Waals surface area (Å²) in [6.45, 7) is 6.24. The molecule has 0 aliphatic carbocycles. The second-order valence-electron chi connectivity index (χ2n) is 21.2. The summed E-state index contributed by atoms with van der Waals surface area (Å²) in [6.07, 6.45) is 98.4. The van der Waals surface area contributed by atoms with Gasteiger partial charge in [0.15, 0.2) is 6.10 Å². The highest BCUT2D eigenvalue weighted by molar-refractivity contribution is 5.71. The minimum atomic E-state index is -0.821. The van der Waals surface area contributed by atoms with Gasteiger partial charge < -0.3 is 14.2 Å². The fraction of sp³-hybridized carbons (Fsp3) is 0.613. The maximum atomic E-state index is 12.9. The van der Waals surface area contributed by atoms with Crippen LogP contribution in [0.5, 0.6) is 0 Å². The molecule has 0 saturated heterocycles. The molecule has 0 bridgehead atoms. The summed E-state index contributed by atoms with van der Waals surface area (Å²) in [4.78, 5) is 38.3. The third-order valence-corrected chi connectivity index (χ3v) is 13.5. The number of carbonyl (C=O) groups is 3. The van der Waals surface area contributed by atoms with Gasteiger partial charge in [-0.2, -0.15) is 0 Å². The van der Waals surface area contributed by atoms with E-state index in [0.717, 1.165) is 141 Å². The Labute approximate surface area is 499 Å². The van der Waals surface area contributed by atoms with Gasteiger partial charge in [-0.25, -0.2) is 0 Å². The summed E-state index contributed by atoms with van der Waals surface area (Å²) in [5.41, 5.74) is 0. The van der Waals surface area contributed by atoms with E-state index in [0.29, 0.717) is 19.3 Å². The van der Waals surface area contributed by atoms with Crippen LogP contribution in [0, 0.1) is 0 Å². The van der Waals surface area contributed by atoms with Gasteiger partial charge in [-0.1, -0.05) is 275 Å². The molecule has 0 heterocycles. The number of ether oxygens (including phenoxy) is 3. The van der Waals surface area contributed by atoms with Crippen LogP contribution in [0.25, 0.3) is 0 Å². The lowest BCUT2D eigenvalue weighted by atomic mass is 10.0. The number of unbranched alkanes of at least 4 members (excludes halogenated alkanes) is 21. The van der Waals surface area contributed by atoms with Crippen LogP contribution in [-0.2, 0) is 28.6 Å². The molecule has 1 atom stereocenters. The number of allylic oxidation sites excluding steroid dienone is 26. The predicted molar refractivity (Wildman–Crippen MR) is 352 cm³/mol. The molecule has 0 amide bonds. The molecule has 0 aromatic rings. The summed E-state index contributed by atoms with van der Waals surface area (Å²) in [5.74, 6) is -0.985. The Morgan fingerprint density at radius 3 is 0.728 bits per heavy atom. The van der Waals surface area contributed by atoms with E-state index in [-0.39, 0.29) is 37.5 Å². The predicted octanol–water partition coefficient (Wildman–Crippen LogP) is 22.9. The first-order valence-electron chi connectivity index (χ1n) is 33.0. The summed E-state index contributed by atoms with van der Waals surface area (Å²) in [7, 11) is 0. The van der Waals surface area contributed by atoms with Crippen LogP contribution in [0.3, 0.4) is 0 Å². The van der Waals surface area contributed by atoms with Crippen molar-refractivity contribution in [2.75, 3.05) is 13.2 Å². The molecule has 0 spiro atoms. The molecule has 0 radical (unpaired) electrons. The maximum Gasteiger partial charge on any atom is 0.306 e. The highest BCUT2D eigenvalue weighted by Crippen LogP contribution is 2.16. The van der Waals surface area contributed by atoms with E-state index in [1.54, 1.807) is 0 Å². The van der Waals surface area contributed by atoms with E-state index in [1.807, 2.05) is 0 Å². The Bertz CT molecular complexity index is 1810. The van der Waals surface area contributed by atoms with E-state index in [4.69, 9.17) is 14.2 Å². The molecular weight excluding hydrogens is 997 g/mol. The van der Waals surface area contributed by atoms with Crippen molar-refractivity contribution in [3.05, 3.63) is 158 Å². The minimum Gasteiger partial charge on any atom is -0.462 e. The lowest BCUT2D eigenvalue weighted by Crippen LogP contribution is -2.30. The summed E-state index contributed by atoms with van der Waals surface area (Å²) in [5, 5.41) is 0. The molecule has 81 heavy (non-hydrogen) atoms. The van der Waals surface area contributed by atoms with Gasteiger partial charge in [0.25, 0.3) is 0 Å². The molecule has 0 fully saturated rings. The second-order valence-corrected chi connectivity index (χ2v) is 21.2.